The molecule has 2 unspecified atom stereocenters. The van der Waals surface area contributed by atoms with Crippen LogP contribution in [-0.4, -0.2) is 35.2 Å². The fraction of sp³-hybridized carbons (Fsp3) is 1.00. The Morgan fingerprint density at radius 2 is 2.18 bits per heavy atom. The normalized spacial score (nSPS) is 33.5. The molecule has 1 N–H and O–H groups in total. The van der Waals surface area contributed by atoms with Crippen molar-refractivity contribution in [1.29, 1.82) is 0 Å². The van der Waals surface area contributed by atoms with E-state index in [2.05, 4.69) is 25.7 Å². The molecule has 0 aliphatic carbocycles. The molecule has 2 nitrogen and oxygen atoms in total. The molecule has 0 aromatic rings. The Morgan fingerprint density at radius 1 is 1.55 bits per heavy atom. The molecule has 0 spiro atoms. The lowest BCUT2D eigenvalue weighted by Crippen LogP contribution is -2.31. The molecule has 0 saturated carbocycles. The average molecular weight is 157 g/mol. The van der Waals surface area contributed by atoms with Gasteiger partial charge in [-0.1, -0.05) is 13.8 Å². The first-order valence-corrected chi connectivity index (χ1v) is 4.51. The maximum atomic E-state index is 9.34. The Bertz CT molecular complexity index is 125. The zero-order valence-electron chi connectivity index (χ0n) is 7.75. The predicted molar refractivity (Wildman–Crippen MR) is 46.5 cm³/mol. The number of aliphatic hydroxyl groups is 1. The van der Waals surface area contributed by atoms with E-state index in [-0.39, 0.29) is 6.10 Å². The minimum absolute atomic E-state index is 0.0799. The van der Waals surface area contributed by atoms with E-state index in [0.717, 1.165) is 19.5 Å². The van der Waals surface area contributed by atoms with E-state index in [4.69, 9.17) is 0 Å². The van der Waals surface area contributed by atoms with Crippen LogP contribution in [0.2, 0.25) is 0 Å². The van der Waals surface area contributed by atoms with Gasteiger partial charge in [-0.25, -0.2) is 0 Å². The van der Waals surface area contributed by atoms with E-state index in [1.165, 1.54) is 0 Å². The lowest BCUT2D eigenvalue weighted by atomic mass is 10.2. The summed E-state index contributed by atoms with van der Waals surface area (Å²) in [4.78, 5) is 2.37. The number of likely N-dealkylation sites (tertiary alicyclic amines) is 1. The highest BCUT2D eigenvalue weighted by Gasteiger charge is 2.27. The summed E-state index contributed by atoms with van der Waals surface area (Å²) in [6.07, 6.45) is 0.871. The van der Waals surface area contributed by atoms with Crippen molar-refractivity contribution < 1.29 is 5.11 Å². The molecule has 0 aromatic carbocycles. The van der Waals surface area contributed by atoms with Gasteiger partial charge in [0.2, 0.25) is 0 Å². The van der Waals surface area contributed by atoms with Crippen LogP contribution in [0.5, 0.6) is 0 Å². The molecule has 0 aromatic heterocycles. The van der Waals surface area contributed by atoms with Crippen LogP contribution in [-0.2, 0) is 0 Å². The first-order chi connectivity index (χ1) is 5.09. The third-order valence-electron chi connectivity index (χ3n) is 2.28. The van der Waals surface area contributed by atoms with E-state index in [1.54, 1.807) is 0 Å². The van der Waals surface area contributed by atoms with Crippen LogP contribution in [0.25, 0.3) is 0 Å². The van der Waals surface area contributed by atoms with Crippen molar-refractivity contribution in [3.63, 3.8) is 0 Å². The van der Waals surface area contributed by atoms with Crippen LogP contribution in [0.4, 0.5) is 0 Å². The number of rotatable bonds is 2. The topological polar surface area (TPSA) is 23.5 Å². The second-order valence-electron chi connectivity index (χ2n) is 4.09. The molecule has 0 amide bonds. The molecule has 0 bridgehead atoms. The smallest absolute Gasteiger partial charge is 0.0682 e. The van der Waals surface area contributed by atoms with Gasteiger partial charge in [-0.15, -0.1) is 0 Å². The standard InChI is InChI=1S/C9H19NO/c1-7(2)5-10-6-9(11)4-8(10)3/h7-9,11H,4-6H2,1-3H3. The molecule has 66 valence electrons. The van der Waals surface area contributed by atoms with Gasteiger partial charge in [-0.05, 0) is 19.3 Å². The second kappa shape index (κ2) is 3.55. The minimum atomic E-state index is -0.0799. The van der Waals surface area contributed by atoms with E-state index in [1.807, 2.05) is 0 Å². The van der Waals surface area contributed by atoms with E-state index >= 15 is 0 Å². The van der Waals surface area contributed by atoms with Crippen molar-refractivity contribution in [3.8, 4) is 0 Å². The number of hydrogen-bond acceptors (Lipinski definition) is 2. The first kappa shape index (κ1) is 9.01. The fourth-order valence-electron chi connectivity index (χ4n) is 1.79. The molecule has 1 rings (SSSR count). The molecule has 11 heavy (non-hydrogen) atoms. The van der Waals surface area contributed by atoms with E-state index in [9.17, 15) is 5.11 Å². The third-order valence-corrected chi connectivity index (χ3v) is 2.28. The minimum Gasteiger partial charge on any atom is -0.392 e. The van der Waals surface area contributed by atoms with E-state index < -0.39 is 0 Å². The summed E-state index contributed by atoms with van der Waals surface area (Å²) >= 11 is 0. The van der Waals surface area contributed by atoms with Gasteiger partial charge in [0, 0.05) is 19.1 Å². The van der Waals surface area contributed by atoms with Crippen LogP contribution in [0.15, 0.2) is 0 Å². The summed E-state index contributed by atoms with van der Waals surface area (Å²) in [5.41, 5.74) is 0. The maximum absolute atomic E-state index is 9.34. The quantitative estimate of drug-likeness (QED) is 0.649. The van der Waals surface area contributed by atoms with Gasteiger partial charge >= 0.3 is 0 Å². The Hall–Kier alpha value is -0.0800. The van der Waals surface area contributed by atoms with Gasteiger partial charge < -0.3 is 5.11 Å². The number of β-amino-alcohol motifs (C(OH)–C–C–N with tert-alkyl or cyclic N) is 1. The number of aliphatic hydroxyl groups excluding tert-OH is 1. The fourth-order valence-corrected chi connectivity index (χ4v) is 1.79. The van der Waals surface area contributed by atoms with Gasteiger partial charge in [0.15, 0.2) is 0 Å². The Kier molecular flexibility index (Phi) is 2.90. The monoisotopic (exact) mass is 157 g/mol. The zero-order chi connectivity index (χ0) is 8.43. The Morgan fingerprint density at radius 3 is 2.55 bits per heavy atom. The second-order valence-corrected chi connectivity index (χ2v) is 4.09. The van der Waals surface area contributed by atoms with Gasteiger partial charge in [-0.3, -0.25) is 4.90 Å². The van der Waals surface area contributed by atoms with Crippen LogP contribution in [0.1, 0.15) is 27.2 Å². The molecule has 0 radical (unpaired) electrons. The van der Waals surface area contributed by atoms with Crippen LogP contribution < -0.4 is 0 Å². The number of hydrogen-bond donors (Lipinski definition) is 1. The van der Waals surface area contributed by atoms with E-state index in [0.29, 0.717) is 12.0 Å². The molecular weight excluding hydrogens is 138 g/mol. The average Bonchev–Trinajstić information content (AvgIpc) is 2.09. The lowest BCUT2D eigenvalue weighted by Gasteiger charge is -2.22. The summed E-state index contributed by atoms with van der Waals surface area (Å²) in [5, 5.41) is 9.34. The van der Waals surface area contributed by atoms with Crippen LogP contribution >= 0.6 is 0 Å². The predicted octanol–water partition coefficient (Wildman–Crippen LogP) is 1.10. The Balaban J connectivity index is 2.34. The summed E-state index contributed by atoms with van der Waals surface area (Å²) in [6.45, 7) is 8.63. The van der Waals surface area contributed by atoms with Crippen molar-refractivity contribution in [2.45, 2.75) is 39.3 Å². The first-order valence-electron chi connectivity index (χ1n) is 4.51. The van der Waals surface area contributed by atoms with Crippen molar-refractivity contribution in [2.24, 2.45) is 5.92 Å². The summed E-state index contributed by atoms with van der Waals surface area (Å²) in [5.74, 6) is 0.711. The number of nitrogens with zero attached hydrogens (tertiary/aromatic N) is 1. The lowest BCUT2D eigenvalue weighted by molar-refractivity contribution is 0.170. The Labute approximate surface area is 69.2 Å². The molecule has 1 fully saturated rings. The summed E-state index contributed by atoms with van der Waals surface area (Å²) in [7, 11) is 0. The molecule has 2 heteroatoms. The summed E-state index contributed by atoms with van der Waals surface area (Å²) < 4.78 is 0. The molecule has 1 aliphatic rings. The van der Waals surface area contributed by atoms with Crippen molar-refractivity contribution >= 4 is 0 Å². The van der Waals surface area contributed by atoms with Crippen molar-refractivity contribution in [3.05, 3.63) is 0 Å². The SMILES string of the molecule is CC(C)CN1CC(O)CC1C. The van der Waals surface area contributed by atoms with Gasteiger partial charge in [-0.2, -0.15) is 0 Å². The third kappa shape index (κ3) is 2.46. The molecule has 1 heterocycles. The highest BCUT2D eigenvalue weighted by molar-refractivity contribution is 4.82. The van der Waals surface area contributed by atoms with Crippen molar-refractivity contribution in [1.82, 2.24) is 4.90 Å². The van der Waals surface area contributed by atoms with Crippen molar-refractivity contribution in [2.75, 3.05) is 13.1 Å². The highest BCUT2D eigenvalue weighted by Crippen LogP contribution is 2.18. The van der Waals surface area contributed by atoms with Gasteiger partial charge in [0.05, 0.1) is 6.10 Å². The maximum Gasteiger partial charge on any atom is 0.0682 e. The molecular formula is C9H19NO. The summed E-state index contributed by atoms with van der Waals surface area (Å²) in [6, 6.07) is 0.576. The highest BCUT2D eigenvalue weighted by atomic mass is 16.3. The largest absolute Gasteiger partial charge is 0.392 e. The molecule has 1 aliphatic heterocycles. The van der Waals surface area contributed by atoms with Gasteiger partial charge in [0.1, 0.15) is 0 Å². The van der Waals surface area contributed by atoms with Crippen LogP contribution in [0.3, 0.4) is 0 Å². The molecule has 1 saturated heterocycles. The van der Waals surface area contributed by atoms with Crippen LogP contribution in [0, 0.1) is 5.92 Å². The van der Waals surface area contributed by atoms with Gasteiger partial charge in [0.25, 0.3) is 0 Å². The zero-order valence-corrected chi connectivity index (χ0v) is 7.75. The molecule has 2 atom stereocenters.